The van der Waals surface area contributed by atoms with Gasteiger partial charge in [0.2, 0.25) is 0 Å². The third-order valence-corrected chi connectivity index (χ3v) is 4.97. The van der Waals surface area contributed by atoms with Gasteiger partial charge in [-0.25, -0.2) is 8.42 Å². The average molecular weight is 307 g/mol. The number of ether oxygens (including phenoxy) is 1. The van der Waals surface area contributed by atoms with Crippen LogP contribution in [0.1, 0.15) is 18.6 Å². The minimum atomic E-state index is -3.26. The maximum Gasteiger partial charge on any atom is 0.156 e. The van der Waals surface area contributed by atoms with Crippen LogP contribution in [-0.2, 0) is 9.84 Å². The standard InChI is InChI=1S/C12H15ClO5S/c1-7(14)8-2-3-11(9(13)4-8)18-12-6-19(16,17)5-10(12)15/h2-4,7,10,12,14-15H,5-6H2,1H3/t7-,10?,12?/m0/s1. The molecule has 2 rings (SSSR count). The molecule has 1 saturated heterocycles. The number of sulfone groups is 1. The molecule has 7 heteroatoms. The fraction of sp³-hybridized carbons (Fsp3) is 0.500. The quantitative estimate of drug-likeness (QED) is 0.868. The molecule has 1 aliphatic rings. The van der Waals surface area contributed by atoms with Gasteiger partial charge in [-0.2, -0.15) is 0 Å². The molecule has 0 radical (unpaired) electrons. The van der Waals surface area contributed by atoms with E-state index in [9.17, 15) is 18.6 Å². The summed E-state index contributed by atoms with van der Waals surface area (Å²) in [5.41, 5.74) is 0.636. The van der Waals surface area contributed by atoms with Gasteiger partial charge in [0.15, 0.2) is 9.84 Å². The summed E-state index contributed by atoms with van der Waals surface area (Å²) in [5.74, 6) is -0.212. The monoisotopic (exact) mass is 306 g/mol. The molecular formula is C12H15ClO5S. The minimum Gasteiger partial charge on any atom is -0.485 e. The van der Waals surface area contributed by atoms with Crippen molar-refractivity contribution in [3.8, 4) is 5.75 Å². The molecule has 1 aliphatic heterocycles. The first-order valence-corrected chi connectivity index (χ1v) is 8.01. The van der Waals surface area contributed by atoms with Crippen molar-refractivity contribution in [3.63, 3.8) is 0 Å². The van der Waals surface area contributed by atoms with Crippen LogP contribution in [0.4, 0.5) is 0 Å². The van der Waals surface area contributed by atoms with Gasteiger partial charge in [0.25, 0.3) is 0 Å². The Balaban J connectivity index is 2.16. The summed E-state index contributed by atoms with van der Waals surface area (Å²) in [4.78, 5) is 0. The van der Waals surface area contributed by atoms with Gasteiger partial charge in [0.05, 0.1) is 22.6 Å². The topological polar surface area (TPSA) is 83.8 Å². The molecule has 1 heterocycles. The van der Waals surface area contributed by atoms with E-state index < -0.39 is 28.1 Å². The maximum absolute atomic E-state index is 11.4. The Bertz CT molecular complexity index is 569. The van der Waals surface area contributed by atoms with Crippen molar-refractivity contribution in [2.24, 2.45) is 0 Å². The van der Waals surface area contributed by atoms with E-state index >= 15 is 0 Å². The molecule has 0 aromatic heterocycles. The van der Waals surface area contributed by atoms with Crippen molar-refractivity contribution in [3.05, 3.63) is 28.8 Å². The zero-order valence-corrected chi connectivity index (χ0v) is 11.9. The number of hydrogen-bond donors (Lipinski definition) is 2. The minimum absolute atomic E-state index is 0.220. The molecule has 106 valence electrons. The summed E-state index contributed by atoms with van der Waals surface area (Å²) in [6.45, 7) is 1.61. The zero-order chi connectivity index (χ0) is 14.2. The van der Waals surface area contributed by atoms with E-state index in [1.807, 2.05) is 0 Å². The summed E-state index contributed by atoms with van der Waals surface area (Å²) in [5, 5.41) is 19.3. The largest absolute Gasteiger partial charge is 0.485 e. The third-order valence-electron chi connectivity index (χ3n) is 2.99. The summed E-state index contributed by atoms with van der Waals surface area (Å²) in [6, 6.07) is 4.75. The fourth-order valence-electron chi connectivity index (χ4n) is 1.95. The van der Waals surface area contributed by atoms with Crippen LogP contribution in [0.25, 0.3) is 0 Å². The highest BCUT2D eigenvalue weighted by molar-refractivity contribution is 7.91. The Morgan fingerprint density at radius 1 is 1.42 bits per heavy atom. The van der Waals surface area contributed by atoms with Gasteiger partial charge in [-0.3, -0.25) is 0 Å². The van der Waals surface area contributed by atoms with E-state index in [-0.39, 0.29) is 16.5 Å². The smallest absolute Gasteiger partial charge is 0.156 e. The van der Waals surface area contributed by atoms with Crippen LogP contribution >= 0.6 is 11.6 Å². The Labute approximate surface area is 116 Å². The number of rotatable bonds is 3. The Hall–Kier alpha value is -0.820. The molecule has 0 spiro atoms. The van der Waals surface area contributed by atoms with Gasteiger partial charge in [-0.05, 0) is 24.6 Å². The van der Waals surface area contributed by atoms with Gasteiger partial charge in [-0.15, -0.1) is 0 Å². The van der Waals surface area contributed by atoms with Crippen molar-refractivity contribution in [2.75, 3.05) is 11.5 Å². The normalized spacial score (nSPS) is 27.2. The van der Waals surface area contributed by atoms with Gasteiger partial charge >= 0.3 is 0 Å². The van der Waals surface area contributed by atoms with E-state index in [2.05, 4.69) is 0 Å². The highest BCUT2D eigenvalue weighted by Crippen LogP contribution is 2.30. The van der Waals surface area contributed by atoms with E-state index in [0.29, 0.717) is 11.3 Å². The SMILES string of the molecule is C[C@H](O)c1ccc(OC2CS(=O)(=O)CC2O)c(Cl)c1. The molecule has 0 saturated carbocycles. The Morgan fingerprint density at radius 3 is 2.58 bits per heavy atom. The second-order valence-electron chi connectivity index (χ2n) is 4.67. The van der Waals surface area contributed by atoms with Crippen molar-refractivity contribution < 1.29 is 23.4 Å². The first-order valence-electron chi connectivity index (χ1n) is 5.81. The van der Waals surface area contributed by atoms with E-state index in [4.69, 9.17) is 16.3 Å². The second-order valence-corrected chi connectivity index (χ2v) is 7.23. The summed E-state index contributed by atoms with van der Waals surface area (Å²) in [6.07, 6.45) is -2.50. The zero-order valence-electron chi connectivity index (χ0n) is 10.3. The average Bonchev–Trinajstić information content (AvgIpc) is 2.54. The first-order chi connectivity index (χ1) is 8.78. The predicted octanol–water partition coefficient (Wildman–Crippen LogP) is 0.930. The van der Waals surface area contributed by atoms with E-state index in [1.54, 1.807) is 25.1 Å². The van der Waals surface area contributed by atoms with Crippen LogP contribution in [0.2, 0.25) is 5.02 Å². The van der Waals surface area contributed by atoms with Crippen LogP contribution in [0.15, 0.2) is 18.2 Å². The molecule has 5 nitrogen and oxygen atoms in total. The lowest BCUT2D eigenvalue weighted by Crippen LogP contribution is -2.29. The third kappa shape index (κ3) is 3.39. The number of aliphatic hydroxyl groups is 2. The molecule has 19 heavy (non-hydrogen) atoms. The van der Waals surface area contributed by atoms with Crippen molar-refractivity contribution in [1.29, 1.82) is 0 Å². The van der Waals surface area contributed by atoms with Crippen LogP contribution < -0.4 is 4.74 Å². The van der Waals surface area contributed by atoms with Crippen molar-refractivity contribution in [1.82, 2.24) is 0 Å². The highest BCUT2D eigenvalue weighted by Gasteiger charge is 2.38. The molecule has 1 aromatic rings. The highest BCUT2D eigenvalue weighted by atomic mass is 35.5. The lowest BCUT2D eigenvalue weighted by atomic mass is 10.1. The number of benzene rings is 1. The van der Waals surface area contributed by atoms with Crippen LogP contribution in [0, 0.1) is 0 Å². The van der Waals surface area contributed by atoms with Crippen molar-refractivity contribution in [2.45, 2.75) is 25.2 Å². The molecule has 3 atom stereocenters. The summed E-state index contributed by atoms with van der Waals surface area (Å²) in [7, 11) is -3.26. The van der Waals surface area contributed by atoms with Gasteiger partial charge in [0.1, 0.15) is 18.0 Å². The van der Waals surface area contributed by atoms with Gasteiger partial charge in [0, 0.05) is 0 Å². The summed E-state index contributed by atoms with van der Waals surface area (Å²) >= 11 is 6.00. The summed E-state index contributed by atoms with van der Waals surface area (Å²) < 4.78 is 28.2. The number of hydrogen-bond acceptors (Lipinski definition) is 5. The maximum atomic E-state index is 11.4. The molecule has 0 bridgehead atoms. The molecule has 0 aliphatic carbocycles. The van der Waals surface area contributed by atoms with Gasteiger partial charge < -0.3 is 14.9 Å². The fourth-order valence-corrected chi connectivity index (χ4v) is 3.84. The molecule has 0 amide bonds. The molecular weight excluding hydrogens is 292 g/mol. The first kappa shape index (κ1) is 14.6. The van der Waals surface area contributed by atoms with Crippen LogP contribution in [0.5, 0.6) is 5.75 Å². The van der Waals surface area contributed by atoms with E-state index in [1.165, 1.54) is 0 Å². The molecule has 2 N–H and O–H groups in total. The van der Waals surface area contributed by atoms with Crippen LogP contribution in [0.3, 0.4) is 0 Å². The molecule has 1 aromatic carbocycles. The molecule has 2 unspecified atom stereocenters. The second kappa shape index (κ2) is 5.28. The molecule has 1 fully saturated rings. The van der Waals surface area contributed by atoms with E-state index in [0.717, 1.165) is 0 Å². The predicted molar refractivity (Wildman–Crippen MR) is 71.2 cm³/mol. The number of halogens is 1. The van der Waals surface area contributed by atoms with Crippen molar-refractivity contribution >= 4 is 21.4 Å². The Kier molecular flexibility index (Phi) is 4.06. The lowest BCUT2D eigenvalue weighted by Gasteiger charge is -2.17. The number of aliphatic hydroxyl groups excluding tert-OH is 2. The Morgan fingerprint density at radius 2 is 2.11 bits per heavy atom. The lowest BCUT2D eigenvalue weighted by molar-refractivity contribution is 0.0738. The van der Waals surface area contributed by atoms with Crippen LogP contribution in [-0.4, -0.2) is 42.3 Å². The van der Waals surface area contributed by atoms with Gasteiger partial charge in [-0.1, -0.05) is 17.7 Å².